The number of rotatable bonds is 2. The molecule has 16 heavy (non-hydrogen) atoms. The fourth-order valence-corrected chi connectivity index (χ4v) is 1.76. The van der Waals surface area contributed by atoms with Crippen molar-refractivity contribution in [3.8, 4) is 0 Å². The Morgan fingerprint density at radius 1 is 1.31 bits per heavy atom. The van der Waals surface area contributed by atoms with Crippen LogP contribution in [-0.2, 0) is 4.74 Å². The van der Waals surface area contributed by atoms with Crippen molar-refractivity contribution in [3.05, 3.63) is 40.1 Å². The summed E-state index contributed by atoms with van der Waals surface area (Å²) in [5, 5.41) is 9.24. The first kappa shape index (κ1) is 11.4. The minimum absolute atomic E-state index is 0.122. The Balaban J connectivity index is 2.41. The molecule has 1 aromatic carbocycles. The Morgan fingerprint density at radius 2 is 2.06 bits per heavy atom. The second kappa shape index (κ2) is 5.27. The van der Waals surface area contributed by atoms with Gasteiger partial charge in [-0.25, -0.2) is 0 Å². The average molecular weight is 282 g/mol. The zero-order valence-electron chi connectivity index (χ0n) is 8.69. The molecule has 1 N–H and O–H groups in total. The van der Waals surface area contributed by atoms with Gasteiger partial charge in [0, 0.05) is 22.7 Å². The highest BCUT2D eigenvalue weighted by Gasteiger charge is 2.11. The first-order valence-corrected chi connectivity index (χ1v) is 5.86. The van der Waals surface area contributed by atoms with Gasteiger partial charge in [0.25, 0.3) is 0 Å². The molecule has 0 aliphatic carbocycles. The van der Waals surface area contributed by atoms with Crippen molar-refractivity contribution < 1.29 is 9.84 Å². The topological polar surface area (TPSA) is 41.8 Å². The van der Waals surface area contributed by atoms with E-state index in [1.807, 2.05) is 30.5 Å². The third-order valence-electron chi connectivity index (χ3n) is 2.27. The van der Waals surface area contributed by atoms with Gasteiger partial charge in [-0.05, 0) is 12.1 Å². The minimum Gasteiger partial charge on any atom is -0.493 e. The van der Waals surface area contributed by atoms with Crippen LogP contribution in [0, 0.1) is 0 Å². The molecule has 1 aromatic rings. The molecule has 0 radical (unpaired) electrons. The van der Waals surface area contributed by atoms with Crippen LogP contribution in [0.5, 0.6) is 0 Å². The number of aliphatic hydroxyl groups excluding tert-OH is 1. The summed E-state index contributed by atoms with van der Waals surface area (Å²) in [5.41, 5.74) is 1.66. The molecular weight excluding hydrogens is 270 g/mol. The Morgan fingerprint density at radius 3 is 2.75 bits per heavy atom. The van der Waals surface area contributed by atoms with Gasteiger partial charge in [0.1, 0.15) is 18.1 Å². The van der Waals surface area contributed by atoms with Crippen molar-refractivity contribution in [2.24, 2.45) is 4.99 Å². The summed E-state index contributed by atoms with van der Waals surface area (Å²) >= 11 is 3.38. The second-order valence-corrected chi connectivity index (χ2v) is 4.30. The maximum absolute atomic E-state index is 9.24. The van der Waals surface area contributed by atoms with E-state index in [2.05, 4.69) is 20.9 Å². The molecule has 0 saturated carbocycles. The summed E-state index contributed by atoms with van der Waals surface area (Å²) in [4.78, 5) is 4.33. The highest BCUT2D eigenvalue weighted by atomic mass is 79.9. The fraction of sp³-hybridized carbons (Fsp3) is 0.250. The number of ether oxygens (including phenoxy) is 1. The maximum Gasteiger partial charge on any atom is 0.147 e. The third-order valence-corrected chi connectivity index (χ3v) is 2.80. The van der Waals surface area contributed by atoms with E-state index < -0.39 is 0 Å². The quantitative estimate of drug-likeness (QED) is 0.906. The molecule has 1 aliphatic heterocycles. The Hall–Kier alpha value is -1.13. The van der Waals surface area contributed by atoms with E-state index in [0.717, 1.165) is 16.5 Å². The molecule has 2 rings (SSSR count). The summed E-state index contributed by atoms with van der Waals surface area (Å²) in [5.74, 6) is 0.538. The third kappa shape index (κ3) is 2.51. The number of hydrogen-bond donors (Lipinski definition) is 1. The van der Waals surface area contributed by atoms with Gasteiger partial charge in [-0.2, -0.15) is 0 Å². The summed E-state index contributed by atoms with van der Waals surface area (Å²) in [6.45, 7) is 0.447. The second-order valence-electron chi connectivity index (χ2n) is 3.39. The smallest absolute Gasteiger partial charge is 0.147 e. The highest BCUT2D eigenvalue weighted by Crippen LogP contribution is 2.24. The van der Waals surface area contributed by atoms with E-state index >= 15 is 0 Å². The van der Waals surface area contributed by atoms with Crippen LogP contribution in [0.2, 0.25) is 0 Å². The van der Waals surface area contributed by atoms with Crippen LogP contribution >= 0.6 is 15.9 Å². The molecular formula is C12H12BrNO2. The number of benzene rings is 1. The van der Waals surface area contributed by atoms with Crippen molar-refractivity contribution in [1.29, 1.82) is 0 Å². The van der Waals surface area contributed by atoms with Crippen LogP contribution in [-0.4, -0.2) is 24.5 Å². The van der Waals surface area contributed by atoms with Crippen LogP contribution in [0.4, 0.5) is 0 Å². The molecule has 0 saturated heterocycles. The van der Waals surface area contributed by atoms with Crippen LogP contribution in [0.25, 0.3) is 5.70 Å². The number of halogens is 1. The first-order valence-electron chi connectivity index (χ1n) is 5.06. The normalized spacial score (nSPS) is 15.9. The lowest BCUT2D eigenvalue weighted by Gasteiger charge is -2.09. The molecule has 0 atom stereocenters. The van der Waals surface area contributed by atoms with E-state index in [1.54, 1.807) is 0 Å². The molecule has 0 aromatic heterocycles. The molecule has 0 bridgehead atoms. The number of nitrogens with zero attached hydrogens (tertiary/aromatic N) is 1. The van der Waals surface area contributed by atoms with E-state index in [1.165, 1.54) is 0 Å². The van der Waals surface area contributed by atoms with Gasteiger partial charge in [0.2, 0.25) is 0 Å². The molecule has 0 fully saturated rings. The zero-order valence-corrected chi connectivity index (χ0v) is 10.3. The summed E-state index contributed by atoms with van der Waals surface area (Å²) in [6.07, 6.45) is 2.59. The summed E-state index contributed by atoms with van der Waals surface area (Å²) in [6, 6.07) is 7.78. The SMILES string of the molecule is OCC1=C(c2ccc(Br)cc2)N=CCCO1. The van der Waals surface area contributed by atoms with Gasteiger partial charge in [-0.3, -0.25) is 4.99 Å². The van der Waals surface area contributed by atoms with Gasteiger partial charge in [-0.1, -0.05) is 28.1 Å². The van der Waals surface area contributed by atoms with Gasteiger partial charge in [0.15, 0.2) is 0 Å². The molecule has 1 aliphatic rings. The van der Waals surface area contributed by atoms with Crippen molar-refractivity contribution >= 4 is 27.8 Å². The number of hydrogen-bond acceptors (Lipinski definition) is 3. The van der Waals surface area contributed by atoms with Crippen LogP contribution < -0.4 is 0 Å². The first-order chi connectivity index (χ1) is 7.81. The minimum atomic E-state index is -0.122. The molecule has 0 amide bonds. The monoisotopic (exact) mass is 281 g/mol. The lowest BCUT2D eigenvalue weighted by atomic mass is 10.1. The van der Waals surface area contributed by atoms with E-state index in [0.29, 0.717) is 18.1 Å². The zero-order chi connectivity index (χ0) is 11.4. The molecule has 1 heterocycles. The van der Waals surface area contributed by atoms with Crippen molar-refractivity contribution in [2.45, 2.75) is 6.42 Å². The van der Waals surface area contributed by atoms with Gasteiger partial charge >= 0.3 is 0 Å². The lowest BCUT2D eigenvalue weighted by Crippen LogP contribution is -2.00. The number of aliphatic imine (C=N–C) groups is 1. The molecule has 0 unspecified atom stereocenters. The Bertz CT molecular complexity index is 423. The average Bonchev–Trinajstić information content (AvgIpc) is 2.55. The molecule has 4 heteroatoms. The largest absolute Gasteiger partial charge is 0.493 e. The molecule has 84 valence electrons. The predicted molar refractivity (Wildman–Crippen MR) is 67.2 cm³/mol. The molecule has 0 spiro atoms. The van der Waals surface area contributed by atoms with Crippen LogP contribution in [0.3, 0.4) is 0 Å². The van der Waals surface area contributed by atoms with E-state index in [9.17, 15) is 5.11 Å². The predicted octanol–water partition coefficient (Wildman–Crippen LogP) is 2.60. The Kier molecular flexibility index (Phi) is 3.74. The standard InChI is InChI=1S/C12H12BrNO2/c13-10-4-2-9(3-5-10)12-11(8-15)16-7-1-6-14-12/h2-6,15H,1,7-8H2. The van der Waals surface area contributed by atoms with E-state index in [4.69, 9.17) is 4.74 Å². The van der Waals surface area contributed by atoms with Crippen LogP contribution in [0.1, 0.15) is 12.0 Å². The Labute approximate surface area is 103 Å². The van der Waals surface area contributed by atoms with Crippen molar-refractivity contribution in [2.75, 3.05) is 13.2 Å². The van der Waals surface area contributed by atoms with Crippen molar-refractivity contribution in [1.82, 2.24) is 0 Å². The van der Waals surface area contributed by atoms with Gasteiger partial charge < -0.3 is 9.84 Å². The summed E-state index contributed by atoms with van der Waals surface area (Å²) < 4.78 is 6.46. The van der Waals surface area contributed by atoms with E-state index in [-0.39, 0.29) is 6.61 Å². The van der Waals surface area contributed by atoms with Crippen LogP contribution in [0.15, 0.2) is 39.5 Å². The number of aliphatic hydroxyl groups is 1. The maximum atomic E-state index is 9.24. The highest BCUT2D eigenvalue weighted by molar-refractivity contribution is 9.10. The van der Waals surface area contributed by atoms with Gasteiger partial charge in [0.05, 0.1) is 6.61 Å². The summed E-state index contributed by atoms with van der Waals surface area (Å²) in [7, 11) is 0. The lowest BCUT2D eigenvalue weighted by molar-refractivity contribution is 0.170. The molecule has 3 nitrogen and oxygen atoms in total. The van der Waals surface area contributed by atoms with Crippen molar-refractivity contribution in [3.63, 3.8) is 0 Å². The fourth-order valence-electron chi connectivity index (χ4n) is 1.49. The van der Waals surface area contributed by atoms with Gasteiger partial charge in [-0.15, -0.1) is 0 Å².